The molecular weight excluding hydrogens is 302 g/mol. The van der Waals surface area contributed by atoms with Gasteiger partial charge in [0, 0.05) is 36.4 Å². The summed E-state index contributed by atoms with van der Waals surface area (Å²) in [6.45, 7) is 2.30. The minimum Gasteiger partial charge on any atom is -0.352 e. The van der Waals surface area contributed by atoms with Crippen LogP contribution in [0.25, 0.3) is 10.9 Å². The van der Waals surface area contributed by atoms with Gasteiger partial charge in [0.15, 0.2) is 0 Å². The summed E-state index contributed by atoms with van der Waals surface area (Å²) in [7, 11) is 0. The standard InChI is InChI=1S/C19H19N3O2/c1-13-10-16-11-14(2-4-17(16)22-19(13)24)3-5-18(23)21-12-15-6-8-20-9-7-15/h2,4,6-11H,3,5,12H2,1H3,(H,21,23)(H,22,24). The molecule has 1 aromatic carbocycles. The lowest BCUT2D eigenvalue weighted by Gasteiger charge is -2.06. The van der Waals surface area contributed by atoms with Crippen molar-refractivity contribution in [1.29, 1.82) is 0 Å². The van der Waals surface area contributed by atoms with E-state index in [1.165, 1.54) is 0 Å². The monoisotopic (exact) mass is 321 g/mol. The second-order valence-corrected chi connectivity index (χ2v) is 5.84. The molecule has 0 saturated carbocycles. The Balaban J connectivity index is 1.60. The summed E-state index contributed by atoms with van der Waals surface area (Å²) in [6.07, 6.45) is 4.51. The van der Waals surface area contributed by atoms with E-state index >= 15 is 0 Å². The Labute approximate surface area is 139 Å². The van der Waals surface area contributed by atoms with Gasteiger partial charge in [0.05, 0.1) is 0 Å². The third kappa shape index (κ3) is 3.87. The molecular formula is C19H19N3O2. The van der Waals surface area contributed by atoms with Crippen LogP contribution in [0.1, 0.15) is 23.1 Å². The normalized spacial score (nSPS) is 10.7. The molecule has 2 N–H and O–H groups in total. The third-order valence-electron chi connectivity index (χ3n) is 3.97. The molecule has 0 aliphatic carbocycles. The number of carbonyl (C=O) groups is 1. The van der Waals surface area contributed by atoms with Crippen LogP contribution >= 0.6 is 0 Å². The number of rotatable bonds is 5. The van der Waals surface area contributed by atoms with E-state index in [-0.39, 0.29) is 11.5 Å². The number of nitrogens with zero attached hydrogens (tertiary/aromatic N) is 1. The van der Waals surface area contributed by atoms with Crippen LogP contribution < -0.4 is 10.9 Å². The van der Waals surface area contributed by atoms with Gasteiger partial charge >= 0.3 is 0 Å². The highest BCUT2D eigenvalue weighted by molar-refractivity contribution is 5.80. The molecule has 122 valence electrons. The second kappa shape index (κ2) is 7.08. The smallest absolute Gasteiger partial charge is 0.251 e. The van der Waals surface area contributed by atoms with Crippen molar-refractivity contribution in [2.45, 2.75) is 26.3 Å². The van der Waals surface area contributed by atoms with E-state index in [9.17, 15) is 9.59 Å². The largest absolute Gasteiger partial charge is 0.352 e. The van der Waals surface area contributed by atoms with Crippen LogP contribution in [0, 0.1) is 6.92 Å². The average molecular weight is 321 g/mol. The van der Waals surface area contributed by atoms with E-state index in [0.29, 0.717) is 24.9 Å². The molecule has 0 aliphatic heterocycles. The number of aromatic amines is 1. The Hall–Kier alpha value is -2.95. The van der Waals surface area contributed by atoms with Gasteiger partial charge in [0.25, 0.3) is 5.56 Å². The maximum Gasteiger partial charge on any atom is 0.251 e. The molecule has 2 heterocycles. The first-order chi connectivity index (χ1) is 11.6. The molecule has 0 unspecified atom stereocenters. The minimum atomic E-state index is -0.0641. The summed E-state index contributed by atoms with van der Waals surface area (Å²) in [4.78, 5) is 30.4. The molecule has 0 fully saturated rings. The minimum absolute atomic E-state index is 0.0181. The van der Waals surface area contributed by atoms with Gasteiger partial charge in [-0.3, -0.25) is 14.6 Å². The highest BCUT2D eigenvalue weighted by atomic mass is 16.1. The Morgan fingerprint density at radius 2 is 1.92 bits per heavy atom. The molecule has 3 rings (SSSR count). The fourth-order valence-electron chi connectivity index (χ4n) is 2.57. The second-order valence-electron chi connectivity index (χ2n) is 5.84. The highest BCUT2D eigenvalue weighted by Crippen LogP contribution is 2.15. The lowest BCUT2D eigenvalue weighted by Crippen LogP contribution is -2.22. The summed E-state index contributed by atoms with van der Waals surface area (Å²) in [5.74, 6) is 0.0181. The predicted octanol–water partition coefficient (Wildman–Crippen LogP) is 2.48. The summed E-state index contributed by atoms with van der Waals surface area (Å²) in [6, 6.07) is 11.5. The van der Waals surface area contributed by atoms with Crippen LogP contribution in [0.2, 0.25) is 0 Å². The summed E-state index contributed by atoms with van der Waals surface area (Å²) in [5.41, 5.74) is 3.55. The number of amides is 1. The Bertz CT molecular complexity index is 917. The van der Waals surface area contributed by atoms with Crippen molar-refractivity contribution in [1.82, 2.24) is 15.3 Å². The van der Waals surface area contributed by atoms with Crippen LogP contribution in [0.15, 0.2) is 53.6 Å². The molecule has 24 heavy (non-hydrogen) atoms. The maximum atomic E-state index is 12.0. The number of aromatic nitrogens is 2. The molecule has 2 aromatic heterocycles. The van der Waals surface area contributed by atoms with Gasteiger partial charge in [-0.1, -0.05) is 6.07 Å². The summed E-state index contributed by atoms with van der Waals surface area (Å²) in [5, 5.41) is 3.90. The number of hydrogen-bond donors (Lipinski definition) is 2. The molecule has 0 saturated heterocycles. The SMILES string of the molecule is Cc1cc2cc(CCC(=O)NCc3ccncc3)ccc2[nH]c1=O. The molecule has 0 radical (unpaired) electrons. The molecule has 0 bridgehead atoms. The number of aryl methyl sites for hydroxylation is 2. The topological polar surface area (TPSA) is 74.8 Å². The van der Waals surface area contributed by atoms with E-state index in [1.54, 1.807) is 19.3 Å². The number of nitrogens with one attached hydrogen (secondary N) is 2. The first kappa shape index (κ1) is 15.9. The van der Waals surface area contributed by atoms with Crippen molar-refractivity contribution >= 4 is 16.8 Å². The van der Waals surface area contributed by atoms with Crippen molar-refractivity contribution in [2.24, 2.45) is 0 Å². The molecule has 0 atom stereocenters. The van der Waals surface area contributed by atoms with Gasteiger partial charge in [0.1, 0.15) is 0 Å². The maximum absolute atomic E-state index is 12.0. The number of pyridine rings is 2. The third-order valence-corrected chi connectivity index (χ3v) is 3.97. The zero-order valence-corrected chi connectivity index (χ0v) is 13.5. The Kier molecular flexibility index (Phi) is 4.70. The highest BCUT2D eigenvalue weighted by Gasteiger charge is 2.04. The summed E-state index contributed by atoms with van der Waals surface area (Å²) >= 11 is 0. The number of fused-ring (bicyclic) bond motifs is 1. The molecule has 0 aliphatic rings. The van der Waals surface area contributed by atoms with Crippen LogP contribution in [-0.4, -0.2) is 15.9 Å². The van der Waals surface area contributed by atoms with Crippen LogP contribution in [0.4, 0.5) is 0 Å². The molecule has 5 heteroatoms. The van der Waals surface area contributed by atoms with E-state index in [1.807, 2.05) is 36.4 Å². The summed E-state index contributed by atoms with van der Waals surface area (Å²) < 4.78 is 0. The van der Waals surface area contributed by atoms with Crippen molar-refractivity contribution in [3.8, 4) is 0 Å². The van der Waals surface area contributed by atoms with Gasteiger partial charge in [0.2, 0.25) is 5.91 Å². The number of carbonyl (C=O) groups excluding carboxylic acids is 1. The van der Waals surface area contributed by atoms with Crippen LogP contribution in [0.3, 0.4) is 0 Å². The van der Waals surface area contributed by atoms with Gasteiger partial charge in [-0.15, -0.1) is 0 Å². The Morgan fingerprint density at radius 1 is 1.12 bits per heavy atom. The van der Waals surface area contributed by atoms with Gasteiger partial charge in [-0.2, -0.15) is 0 Å². The fraction of sp³-hybridized carbons (Fsp3) is 0.211. The van der Waals surface area contributed by atoms with Crippen molar-refractivity contribution in [3.63, 3.8) is 0 Å². The van der Waals surface area contributed by atoms with Gasteiger partial charge in [-0.05, 0) is 60.2 Å². The van der Waals surface area contributed by atoms with Crippen LogP contribution in [-0.2, 0) is 17.8 Å². The first-order valence-corrected chi connectivity index (χ1v) is 7.90. The van der Waals surface area contributed by atoms with E-state index in [0.717, 1.165) is 22.0 Å². The molecule has 0 spiro atoms. The van der Waals surface area contributed by atoms with Crippen molar-refractivity contribution in [3.05, 3.63) is 75.8 Å². The van der Waals surface area contributed by atoms with E-state index in [2.05, 4.69) is 15.3 Å². The van der Waals surface area contributed by atoms with Crippen molar-refractivity contribution < 1.29 is 4.79 Å². The molecule has 5 nitrogen and oxygen atoms in total. The van der Waals surface area contributed by atoms with E-state index < -0.39 is 0 Å². The van der Waals surface area contributed by atoms with E-state index in [4.69, 9.17) is 0 Å². The zero-order valence-electron chi connectivity index (χ0n) is 13.5. The van der Waals surface area contributed by atoms with Crippen molar-refractivity contribution in [2.75, 3.05) is 0 Å². The number of benzene rings is 1. The average Bonchev–Trinajstić information content (AvgIpc) is 2.60. The zero-order chi connectivity index (χ0) is 16.9. The number of H-pyrrole nitrogens is 1. The fourth-order valence-corrected chi connectivity index (χ4v) is 2.57. The lowest BCUT2D eigenvalue weighted by atomic mass is 10.1. The van der Waals surface area contributed by atoms with Gasteiger partial charge in [-0.25, -0.2) is 0 Å². The number of hydrogen-bond acceptors (Lipinski definition) is 3. The lowest BCUT2D eigenvalue weighted by molar-refractivity contribution is -0.121. The van der Waals surface area contributed by atoms with Gasteiger partial charge < -0.3 is 10.3 Å². The quantitative estimate of drug-likeness (QED) is 0.758. The Morgan fingerprint density at radius 3 is 2.71 bits per heavy atom. The first-order valence-electron chi connectivity index (χ1n) is 7.90. The van der Waals surface area contributed by atoms with Crippen LogP contribution in [0.5, 0.6) is 0 Å². The predicted molar refractivity (Wildman–Crippen MR) is 93.7 cm³/mol. The molecule has 1 amide bonds. The molecule has 3 aromatic rings.